The lowest BCUT2D eigenvalue weighted by molar-refractivity contribution is -0.121. The van der Waals surface area contributed by atoms with Crippen LogP contribution in [-0.2, 0) is 4.79 Å². The SMILES string of the molecule is CC(C)NC(=O)c1cccc(NC(=O)C2CCCN(C(=O)N(C)C)C2)c1. The van der Waals surface area contributed by atoms with Crippen molar-refractivity contribution in [2.45, 2.75) is 32.7 Å². The normalized spacial score (nSPS) is 17.0. The zero-order chi connectivity index (χ0) is 19.3. The fraction of sp³-hybridized carbons (Fsp3) is 0.526. The first-order valence-corrected chi connectivity index (χ1v) is 8.96. The predicted molar refractivity (Wildman–Crippen MR) is 101 cm³/mol. The monoisotopic (exact) mass is 360 g/mol. The Morgan fingerprint density at radius 3 is 2.62 bits per heavy atom. The molecule has 0 saturated carbocycles. The molecule has 0 bridgehead atoms. The topological polar surface area (TPSA) is 81.8 Å². The lowest BCUT2D eigenvalue weighted by Gasteiger charge is -2.33. The largest absolute Gasteiger partial charge is 0.350 e. The third-order valence-corrected chi connectivity index (χ3v) is 4.26. The van der Waals surface area contributed by atoms with Gasteiger partial charge in [-0.15, -0.1) is 0 Å². The highest BCUT2D eigenvalue weighted by molar-refractivity contribution is 5.98. The van der Waals surface area contributed by atoms with E-state index in [1.165, 1.54) is 4.90 Å². The second kappa shape index (κ2) is 8.69. The number of nitrogens with zero attached hydrogens (tertiary/aromatic N) is 2. The van der Waals surface area contributed by atoms with E-state index in [1.54, 1.807) is 43.3 Å². The van der Waals surface area contributed by atoms with Crippen molar-refractivity contribution in [3.05, 3.63) is 29.8 Å². The number of anilines is 1. The third-order valence-electron chi connectivity index (χ3n) is 4.26. The van der Waals surface area contributed by atoms with Crippen LogP contribution in [0.5, 0.6) is 0 Å². The second-order valence-corrected chi connectivity index (χ2v) is 7.16. The number of carbonyl (C=O) groups excluding carboxylic acids is 3. The average Bonchev–Trinajstić information content (AvgIpc) is 2.60. The first-order chi connectivity index (χ1) is 12.3. The van der Waals surface area contributed by atoms with Gasteiger partial charge >= 0.3 is 6.03 Å². The van der Waals surface area contributed by atoms with Crippen LogP contribution in [0.4, 0.5) is 10.5 Å². The molecule has 0 spiro atoms. The van der Waals surface area contributed by atoms with Crippen molar-refractivity contribution in [1.82, 2.24) is 15.1 Å². The summed E-state index contributed by atoms with van der Waals surface area (Å²) in [5.41, 5.74) is 1.09. The van der Waals surface area contributed by atoms with Gasteiger partial charge in [0.1, 0.15) is 0 Å². The van der Waals surface area contributed by atoms with E-state index in [9.17, 15) is 14.4 Å². The van der Waals surface area contributed by atoms with Crippen LogP contribution in [0.3, 0.4) is 0 Å². The molecule has 26 heavy (non-hydrogen) atoms. The maximum absolute atomic E-state index is 12.6. The summed E-state index contributed by atoms with van der Waals surface area (Å²) in [5.74, 6) is -0.542. The van der Waals surface area contributed by atoms with E-state index in [4.69, 9.17) is 0 Å². The van der Waals surface area contributed by atoms with Crippen LogP contribution in [0, 0.1) is 5.92 Å². The number of benzene rings is 1. The van der Waals surface area contributed by atoms with Gasteiger partial charge in [-0.3, -0.25) is 9.59 Å². The minimum absolute atomic E-state index is 0.0446. The number of urea groups is 1. The van der Waals surface area contributed by atoms with Gasteiger partial charge in [-0.05, 0) is 44.9 Å². The Morgan fingerprint density at radius 2 is 1.96 bits per heavy atom. The quantitative estimate of drug-likeness (QED) is 0.863. The van der Waals surface area contributed by atoms with E-state index >= 15 is 0 Å². The molecule has 1 heterocycles. The highest BCUT2D eigenvalue weighted by Gasteiger charge is 2.29. The molecular weight excluding hydrogens is 332 g/mol. The van der Waals surface area contributed by atoms with E-state index in [-0.39, 0.29) is 29.8 Å². The lowest BCUT2D eigenvalue weighted by atomic mass is 9.97. The van der Waals surface area contributed by atoms with Gasteiger partial charge in [0.15, 0.2) is 0 Å². The van der Waals surface area contributed by atoms with Crippen molar-refractivity contribution < 1.29 is 14.4 Å². The van der Waals surface area contributed by atoms with Crippen LogP contribution in [0.25, 0.3) is 0 Å². The molecule has 1 aromatic carbocycles. The Balaban J connectivity index is 2.01. The summed E-state index contributed by atoms with van der Waals surface area (Å²) in [5, 5.41) is 5.71. The summed E-state index contributed by atoms with van der Waals surface area (Å²) in [6.45, 7) is 4.88. The molecule has 0 aromatic heterocycles. The molecule has 2 rings (SSSR count). The number of likely N-dealkylation sites (tertiary alicyclic amines) is 1. The number of rotatable bonds is 4. The predicted octanol–water partition coefficient (Wildman–Crippen LogP) is 2.16. The van der Waals surface area contributed by atoms with Crippen LogP contribution in [0.1, 0.15) is 37.0 Å². The Morgan fingerprint density at radius 1 is 1.23 bits per heavy atom. The van der Waals surface area contributed by atoms with Gasteiger partial charge in [0.25, 0.3) is 5.91 Å². The van der Waals surface area contributed by atoms with Crippen molar-refractivity contribution in [3.8, 4) is 0 Å². The van der Waals surface area contributed by atoms with Crippen molar-refractivity contribution in [2.75, 3.05) is 32.5 Å². The summed E-state index contributed by atoms with van der Waals surface area (Å²) >= 11 is 0. The van der Waals surface area contributed by atoms with Crippen LogP contribution in [-0.4, -0.2) is 60.9 Å². The minimum atomic E-state index is -0.249. The van der Waals surface area contributed by atoms with Crippen molar-refractivity contribution in [3.63, 3.8) is 0 Å². The smallest absolute Gasteiger partial charge is 0.319 e. The van der Waals surface area contributed by atoms with Crippen LogP contribution in [0.15, 0.2) is 24.3 Å². The number of carbonyl (C=O) groups is 3. The summed E-state index contributed by atoms with van der Waals surface area (Å²) < 4.78 is 0. The van der Waals surface area contributed by atoms with Gasteiger partial charge < -0.3 is 20.4 Å². The first-order valence-electron chi connectivity index (χ1n) is 8.96. The molecule has 1 aliphatic heterocycles. The van der Waals surface area contributed by atoms with Gasteiger partial charge in [0, 0.05) is 44.5 Å². The summed E-state index contributed by atoms with van der Waals surface area (Å²) in [6, 6.07) is 6.86. The molecule has 1 aromatic rings. The van der Waals surface area contributed by atoms with Crippen LogP contribution < -0.4 is 10.6 Å². The number of hydrogen-bond donors (Lipinski definition) is 2. The second-order valence-electron chi connectivity index (χ2n) is 7.16. The minimum Gasteiger partial charge on any atom is -0.350 e. The van der Waals surface area contributed by atoms with Crippen molar-refractivity contribution in [1.29, 1.82) is 0 Å². The lowest BCUT2D eigenvalue weighted by Crippen LogP contribution is -2.47. The van der Waals surface area contributed by atoms with Gasteiger partial charge in [-0.25, -0.2) is 4.79 Å². The number of amides is 4. The molecule has 1 atom stereocenters. The van der Waals surface area contributed by atoms with E-state index in [1.807, 2.05) is 13.8 Å². The number of piperidine rings is 1. The molecule has 2 N–H and O–H groups in total. The maximum Gasteiger partial charge on any atom is 0.319 e. The molecule has 7 nitrogen and oxygen atoms in total. The van der Waals surface area contributed by atoms with Gasteiger partial charge in [0.2, 0.25) is 5.91 Å². The standard InChI is InChI=1S/C19H28N4O3/c1-13(2)20-17(24)14-7-5-9-16(11-14)21-18(25)15-8-6-10-23(12-15)19(26)22(3)4/h5,7,9,11,13,15H,6,8,10,12H2,1-4H3,(H,20,24)(H,21,25). The van der Waals surface area contributed by atoms with E-state index in [0.717, 1.165) is 12.8 Å². The maximum atomic E-state index is 12.6. The average molecular weight is 360 g/mol. The highest BCUT2D eigenvalue weighted by atomic mass is 16.2. The molecular formula is C19H28N4O3. The summed E-state index contributed by atoms with van der Waals surface area (Å²) in [4.78, 5) is 40.0. The van der Waals surface area contributed by atoms with Gasteiger partial charge in [-0.2, -0.15) is 0 Å². The number of hydrogen-bond acceptors (Lipinski definition) is 3. The highest BCUT2D eigenvalue weighted by Crippen LogP contribution is 2.20. The molecule has 4 amide bonds. The van der Waals surface area contributed by atoms with E-state index in [0.29, 0.717) is 24.3 Å². The zero-order valence-corrected chi connectivity index (χ0v) is 15.9. The fourth-order valence-corrected chi connectivity index (χ4v) is 2.98. The molecule has 7 heteroatoms. The Labute approximate surface area is 154 Å². The Hall–Kier alpha value is -2.57. The third kappa shape index (κ3) is 5.21. The Bertz CT molecular complexity index is 673. The van der Waals surface area contributed by atoms with Crippen LogP contribution in [0.2, 0.25) is 0 Å². The molecule has 142 valence electrons. The first kappa shape index (κ1) is 19.8. The molecule has 1 aliphatic rings. The number of nitrogens with one attached hydrogen (secondary N) is 2. The summed E-state index contributed by atoms with van der Waals surface area (Å²) in [6.07, 6.45) is 1.55. The van der Waals surface area contributed by atoms with Crippen molar-refractivity contribution in [2.24, 2.45) is 5.92 Å². The molecule has 0 radical (unpaired) electrons. The summed E-state index contributed by atoms with van der Waals surface area (Å²) in [7, 11) is 3.42. The van der Waals surface area contributed by atoms with Crippen LogP contribution >= 0.6 is 0 Å². The molecule has 1 unspecified atom stereocenters. The molecule has 1 saturated heterocycles. The van der Waals surface area contributed by atoms with E-state index < -0.39 is 0 Å². The van der Waals surface area contributed by atoms with Gasteiger partial charge in [-0.1, -0.05) is 6.07 Å². The fourth-order valence-electron chi connectivity index (χ4n) is 2.98. The molecule has 0 aliphatic carbocycles. The zero-order valence-electron chi connectivity index (χ0n) is 15.9. The van der Waals surface area contributed by atoms with Crippen molar-refractivity contribution >= 4 is 23.5 Å². The van der Waals surface area contributed by atoms with E-state index in [2.05, 4.69) is 10.6 Å². The Kier molecular flexibility index (Phi) is 6.60. The van der Waals surface area contributed by atoms with Gasteiger partial charge in [0.05, 0.1) is 5.92 Å². The molecule has 1 fully saturated rings.